The van der Waals surface area contributed by atoms with Gasteiger partial charge in [-0.2, -0.15) is 0 Å². The zero-order valence-corrected chi connectivity index (χ0v) is 9.97. The molecule has 2 atom stereocenters. The van der Waals surface area contributed by atoms with E-state index in [2.05, 4.69) is 5.32 Å². The Morgan fingerprint density at radius 1 is 1.17 bits per heavy atom. The Kier molecular flexibility index (Phi) is 3.72. The third-order valence-electron chi connectivity index (χ3n) is 3.29. The van der Waals surface area contributed by atoms with Crippen LogP contribution in [0.3, 0.4) is 0 Å². The number of rotatable bonds is 2. The molecule has 1 aromatic carbocycles. The Balaban J connectivity index is 2.12. The van der Waals surface area contributed by atoms with E-state index in [1.807, 2.05) is 0 Å². The van der Waals surface area contributed by atoms with E-state index in [0.29, 0.717) is 12.8 Å². The number of carbonyl (C=O) groups excluding carboxylic acids is 1. The molecule has 0 heterocycles. The standard InChI is InChI=1S/C13H17NO4/c15-9-5-2-1-4-8(9)14-13(18)12-10(16)6-3-7-11(12)17/h3,6-9,15-17H,1-2,4-5H2,(H,14,18)/t8-,9-/m0/s1. The van der Waals surface area contributed by atoms with E-state index in [0.717, 1.165) is 12.8 Å². The summed E-state index contributed by atoms with van der Waals surface area (Å²) in [7, 11) is 0. The summed E-state index contributed by atoms with van der Waals surface area (Å²) in [4.78, 5) is 12.0. The van der Waals surface area contributed by atoms with Gasteiger partial charge in [0, 0.05) is 0 Å². The molecule has 18 heavy (non-hydrogen) atoms. The SMILES string of the molecule is O=C(N[C@H]1CCCC[C@@H]1O)c1c(O)cccc1O. The molecular formula is C13H17NO4. The van der Waals surface area contributed by atoms with Gasteiger partial charge in [0.2, 0.25) is 0 Å². The lowest BCUT2D eigenvalue weighted by molar-refractivity contribution is 0.0713. The molecule has 0 saturated heterocycles. The number of nitrogens with one attached hydrogen (secondary N) is 1. The number of aliphatic hydroxyl groups is 1. The van der Waals surface area contributed by atoms with Crippen molar-refractivity contribution in [2.24, 2.45) is 0 Å². The molecule has 0 radical (unpaired) electrons. The van der Waals surface area contributed by atoms with E-state index in [1.165, 1.54) is 18.2 Å². The Morgan fingerprint density at radius 2 is 1.78 bits per heavy atom. The average Bonchev–Trinajstić information content (AvgIpc) is 2.32. The van der Waals surface area contributed by atoms with Crippen molar-refractivity contribution in [1.29, 1.82) is 0 Å². The Labute approximate surface area is 105 Å². The normalized spacial score (nSPS) is 23.6. The van der Waals surface area contributed by atoms with Crippen LogP contribution in [0.5, 0.6) is 11.5 Å². The van der Waals surface area contributed by atoms with Crippen molar-refractivity contribution >= 4 is 5.91 Å². The molecule has 98 valence electrons. The summed E-state index contributed by atoms with van der Waals surface area (Å²) in [5.74, 6) is -1.09. The van der Waals surface area contributed by atoms with Gasteiger partial charge in [-0.05, 0) is 25.0 Å². The lowest BCUT2D eigenvalue weighted by Crippen LogP contribution is -2.45. The van der Waals surface area contributed by atoms with Crippen molar-refractivity contribution in [3.63, 3.8) is 0 Å². The molecule has 1 amide bonds. The first-order chi connectivity index (χ1) is 8.59. The summed E-state index contributed by atoms with van der Waals surface area (Å²) in [6.07, 6.45) is 2.72. The maximum Gasteiger partial charge on any atom is 0.259 e. The number of hydrogen-bond donors (Lipinski definition) is 4. The van der Waals surface area contributed by atoms with Gasteiger partial charge in [-0.15, -0.1) is 0 Å². The molecule has 1 aliphatic rings. The molecule has 2 rings (SSSR count). The molecule has 1 fully saturated rings. The van der Waals surface area contributed by atoms with Crippen LogP contribution < -0.4 is 5.32 Å². The summed E-state index contributed by atoms with van der Waals surface area (Å²) in [5.41, 5.74) is -0.143. The van der Waals surface area contributed by atoms with E-state index >= 15 is 0 Å². The zero-order chi connectivity index (χ0) is 13.1. The van der Waals surface area contributed by atoms with Gasteiger partial charge in [-0.25, -0.2) is 0 Å². The molecule has 0 unspecified atom stereocenters. The fraction of sp³-hybridized carbons (Fsp3) is 0.462. The molecule has 0 spiro atoms. The van der Waals surface area contributed by atoms with Crippen LogP contribution in [0.15, 0.2) is 18.2 Å². The third kappa shape index (κ3) is 2.56. The fourth-order valence-electron chi connectivity index (χ4n) is 2.28. The highest BCUT2D eigenvalue weighted by Crippen LogP contribution is 2.27. The number of carbonyl (C=O) groups is 1. The van der Waals surface area contributed by atoms with Gasteiger partial charge in [0.25, 0.3) is 5.91 Å². The quantitative estimate of drug-likeness (QED) is 0.634. The second-order valence-electron chi connectivity index (χ2n) is 4.60. The first-order valence-corrected chi connectivity index (χ1v) is 6.09. The minimum Gasteiger partial charge on any atom is -0.507 e. The Bertz CT molecular complexity index is 426. The van der Waals surface area contributed by atoms with Crippen LogP contribution in [-0.2, 0) is 0 Å². The van der Waals surface area contributed by atoms with Gasteiger partial charge in [0.1, 0.15) is 17.1 Å². The van der Waals surface area contributed by atoms with E-state index in [4.69, 9.17) is 0 Å². The molecule has 5 nitrogen and oxygen atoms in total. The highest BCUT2D eigenvalue weighted by Gasteiger charge is 2.26. The van der Waals surface area contributed by atoms with E-state index < -0.39 is 12.0 Å². The highest BCUT2D eigenvalue weighted by molar-refractivity contribution is 5.99. The molecule has 5 heteroatoms. The number of benzene rings is 1. The van der Waals surface area contributed by atoms with Crippen molar-refractivity contribution in [1.82, 2.24) is 5.32 Å². The predicted octanol–water partition coefficient (Wildman–Crippen LogP) is 1.13. The second-order valence-corrected chi connectivity index (χ2v) is 4.60. The number of aromatic hydroxyl groups is 2. The van der Waals surface area contributed by atoms with Gasteiger partial charge in [-0.3, -0.25) is 4.79 Å². The van der Waals surface area contributed by atoms with Crippen LogP contribution in [0.4, 0.5) is 0 Å². The van der Waals surface area contributed by atoms with Gasteiger partial charge < -0.3 is 20.6 Å². The van der Waals surface area contributed by atoms with Crippen LogP contribution in [0.1, 0.15) is 36.0 Å². The van der Waals surface area contributed by atoms with Crippen LogP contribution in [-0.4, -0.2) is 33.4 Å². The van der Waals surface area contributed by atoms with Crippen LogP contribution in [0.2, 0.25) is 0 Å². The number of aliphatic hydroxyl groups excluding tert-OH is 1. The third-order valence-corrected chi connectivity index (χ3v) is 3.29. The summed E-state index contributed by atoms with van der Waals surface area (Å²) in [5, 5.41) is 31.6. The van der Waals surface area contributed by atoms with Crippen molar-refractivity contribution in [2.75, 3.05) is 0 Å². The number of hydrogen-bond acceptors (Lipinski definition) is 4. The Hall–Kier alpha value is -1.75. The van der Waals surface area contributed by atoms with E-state index in [-0.39, 0.29) is 23.1 Å². The molecule has 0 aliphatic heterocycles. The number of amides is 1. The monoisotopic (exact) mass is 251 g/mol. The molecular weight excluding hydrogens is 234 g/mol. The van der Waals surface area contributed by atoms with Crippen LogP contribution in [0.25, 0.3) is 0 Å². The predicted molar refractivity (Wildman–Crippen MR) is 65.5 cm³/mol. The van der Waals surface area contributed by atoms with Crippen LogP contribution >= 0.6 is 0 Å². The number of phenolic OH excluding ortho intramolecular Hbond substituents is 2. The summed E-state index contributed by atoms with van der Waals surface area (Å²) >= 11 is 0. The van der Waals surface area contributed by atoms with Gasteiger partial charge in [0.15, 0.2) is 0 Å². The lowest BCUT2D eigenvalue weighted by atomic mass is 9.92. The largest absolute Gasteiger partial charge is 0.507 e. The summed E-state index contributed by atoms with van der Waals surface area (Å²) < 4.78 is 0. The van der Waals surface area contributed by atoms with Crippen molar-refractivity contribution in [3.05, 3.63) is 23.8 Å². The molecule has 1 aromatic rings. The Morgan fingerprint density at radius 3 is 2.39 bits per heavy atom. The minimum atomic E-state index is -0.560. The maximum atomic E-state index is 12.0. The number of phenols is 2. The van der Waals surface area contributed by atoms with Gasteiger partial charge >= 0.3 is 0 Å². The molecule has 1 saturated carbocycles. The minimum absolute atomic E-state index is 0.143. The van der Waals surface area contributed by atoms with Crippen molar-refractivity contribution in [3.8, 4) is 11.5 Å². The topological polar surface area (TPSA) is 89.8 Å². The maximum absolute atomic E-state index is 12.0. The van der Waals surface area contributed by atoms with E-state index in [9.17, 15) is 20.1 Å². The first-order valence-electron chi connectivity index (χ1n) is 6.09. The molecule has 4 N–H and O–H groups in total. The lowest BCUT2D eigenvalue weighted by Gasteiger charge is -2.28. The molecule has 0 aromatic heterocycles. The fourth-order valence-corrected chi connectivity index (χ4v) is 2.28. The smallest absolute Gasteiger partial charge is 0.259 e. The molecule has 0 bridgehead atoms. The average molecular weight is 251 g/mol. The highest BCUT2D eigenvalue weighted by atomic mass is 16.3. The van der Waals surface area contributed by atoms with Gasteiger partial charge in [-0.1, -0.05) is 18.9 Å². The van der Waals surface area contributed by atoms with Crippen molar-refractivity contribution < 1.29 is 20.1 Å². The van der Waals surface area contributed by atoms with Gasteiger partial charge in [0.05, 0.1) is 12.1 Å². The van der Waals surface area contributed by atoms with E-state index in [1.54, 1.807) is 0 Å². The molecule has 1 aliphatic carbocycles. The van der Waals surface area contributed by atoms with Crippen molar-refractivity contribution in [2.45, 2.75) is 37.8 Å². The second kappa shape index (κ2) is 5.27. The summed E-state index contributed by atoms with van der Waals surface area (Å²) in [6, 6.07) is 3.82. The first kappa shape index (κ1) is 12.7. The zero-order valence-electron chi connectivity index (χ0n) is 9.97. The van der Waals surface area contributed by atoms with Crippen LogP contribution in [0, 0.1) is 0 Å². The summed E-state index contributed by atoms with van der Waals surface area (Å²) in [6.45, 7) is 0.